The summed E-state index contributed by atoms with van der Waals surface area (Å²) in [6.07, 6.45) is 7.58. The van der Waals surface area contributed by atoms with Gasteiger partial charge in [-0.15, -0.1) is 5.10 Å². The fourth-order valence-corrected chi connectivity index (χ4v) is 6.05. The van der Waals surface area contributed by atoms with Gasteiger partial charge in [-0.3, -0.25) is 14.6 Å². The van der Waals surface area contributed by atoms with Gasteiger partial charge in [-0.1, -0.05) is 38.3 Å². The van der Waals surface area contributed by atoms with Crippen LogP contribution in [0, 0.1) is 13.8 Å². The average Bonchev–Trinajstić information content (AvgIpc) is 3.39. The van der Waals surface area contributed by atoms with E-state index in [-0.39, 0.29) is 17.1 Å². The van der Waals surface area contributed by atoms with Crippen molar-refractivity contribution in [1.29, 1.82) is 0 Å². The highest BCUT2D eigenvalue weighted by Crippen LogP contribution is 2.33. The molecule has 194 valence electrons. The van der Waals surface area contributed by atoms with E-state index < -0.39 is 0 Å². The van der Waals surface area contributed by atoms with Gasteiger partial charge < -0.3 is 4.98 Å². The van der Waals surface area contributed by atoms with Crippen LogP contribution in [0.2, 0.25) is 0 Å². The first-order valence-electron chi connectivity index (χ1n) is 13.7. The molecule has 2 fully saturated rings. The van der Waals surface area contributed by atoms with E-state index in [0.717, 1.165) is 66.0 Å². The molecular weight excluding hydrogens is 450 g/mol. The van der Waals surface area contributed by atoms with E-state index in [1.165, 1.54) is 32.1 Å². The molecule has 8 nitrogen and oxygen atoms in total. The standard InChI is InChI=1S/C28H41N7O/c1-6-28(4,5)35-26(30-31-32-35)25(34-16-14-33(15-17-34)21-10-8-7-9-11-21)23-18-22-19(2)12-13-20(3)24(22)29-27(23)36/h12-13,18,21,25H,6-11,14-17H2,1-5H3,(H,29,36)/t25-/m0/s1. The largest absolute Gasteiger partial charge is 0.321 e. The van der Waals surface area contributed by atoms with Crippen LogP contribution in [0.3, 0.4) is 0 Å². The van der Waals surface area contributed by atoms with Crippen molar-refractivity contribution in [3.63, 3.8) is 0 Å². The molecule has 1 saturated heterocycles. The molecule has 3 heterocycles. The lowest BCUT2D eigenvalue weighted by Gasteiger charge is -2.43. The Kier molecular flexibility index (Phi) is 7.01. The zero-order valence-corrected chi connectivity index (χ0v) is 22.5. The molecule has 0 bridgehead atoms. The van der Waals surface area contributed by atoms with Crippen molar-refractivity contribution in [2.75, 3.05) is 26.2 Å². The van der Waals surface area contributed by atoms with Gasteiger partial charge in [-0.2, -0.15) is 0 Å². The summed E-state index contributed by atoms with van der Waals surface area (Å²) in [5.74, 6) is 0.753. The summed E-state index contributed by atoms with van der Waals surface area (Å²) in [6, 6.07) is 6.69. The number of H-pyrrole nitrogens is 1. The van der Waals surface area contributed by atoms with Gasteiger partial charge in [0.25, 0.3) is 5.56 Å². The highest BCUT2D eigenvalue weighted by atomic mass is 16.1. The number of hydrogen-bond acceptors (Lipinski definition) is 6. The molecule has 1 aromatic carbocycles. The van der Waals surface area contributed by atoms with Crippen molar-refractivity contribution in [2.45, 2.75) is 90.8 Å². The van der Waals surface area contributed by atoms with Crippen molar-refractivity contribution in [2.24, 2.45) is 0 Å². The van der Waals surface area contributed by atoms with Crippen LogP contribution in [0.15, 0.2) is 23.0 Å². The summed E-state index contributed by atoms with van der Waals surface area (Å²) in [5, 5.41) is 14.2. The van der Waals surface area contributed by atoms with Gasteiger partial charge in [0, 0.05) is 43.2 Å². The Bertz CT molecular complexity index is 1260. The van der Waals surface area contributed by atoms with Crippen LogP contribution in [0.25, 0.3) is 10.9 Å². The van der Waals surface area contributed by atoms with Crippen molar-refractivity contribution in [3.05, 3.63) is 51.1 Å². The average molecular weight is 492 g/mol. The Morgan fingerprint density at radius 3 is 2.44 bits per heavy atom. The predicted octanol–water partition coefficient (Wildman–Crippen LogP) is 4.32. The first-order chi connectivity index (χ1) is 17.3. The van der Waals surface area contributed by atoms with Crippen LogP contribution in [0.5, 0.6) is 0 Å². The molecule has 0 unspecified atom stereocenters. The van der Waals surface area contributed by atoms with Crippen molar-refractivity contribution < 1.29 is 0 Å². The number of benzene rings is 1. The van der Waals surface area contributed by atoms with Crippen LogP contribution in [0.1, 0.15) is 87.9 Å². The first kappa shape index (κ1) is 25.1. The van der Waals surface area contributed by atoms with E-state index in [4.69, 9.17) is 0 Å². The van der Waals surface area contributed by atoms with Crippen molar-refractivity contribution in [3.8, 4) is 0 Å². The molecule has 2 aromatic heterocycles. The summed E-state index contributed by atoms with van der Waals surface area (Å²) in [4.78, 5) is 22.0. The van der Waals surface area contributed by atoms with E-state index in [1.807, 2.05) is 11.6 Å². The van der Waals surface area contributed by atoms with Gasteiger partial charge in [0.15, 0.2) is 5.82 Å². The maximum absolute atomic E-state index is 13.6. The molecule has 2 aliphatic rings. The summed E-state index contributed by atoms with van der Waals surface area (Å²) < 4.78 is 1.94. The molecule has 36 heavy (non-hydrogen) atoms. The fourth-order valence-electron chi connectivity index (χ4n) is 6.05. The highest BCUT2D eigenvalue weighted by Gasteiger charge is 2.36. The molecule has 0 radical (unpaired) electrons. The topological polar surface area (TPSA) is 82.9 Å². The van der Waals surface area contributed by atoms with Crippen LogP contribution < -0.4 is 5.56 Å². The van der Waals surface area contributed by atoms with Gasteiger partial charge in [0.05, 0.1) is 11.1 Å². The molecule has 0 spiro atoms. The van der Waals surface area contributed by atoms with E-state index in [9.17, 15) is 4.79 Å². The smallest absolute Gasteiger partial charge is 0.253 e. The van der Waals surface area contributed by atoms with Crippen LogP contribution in [0.4, 0.5) is 0 Å². The lowest BCUT2D eigenvalue weighted by atomic mass is 9.93. The number of aryl methyl sites for hydroxylation is 2. The summed E-state index contributed by atoms with van der Waals surface area (Å²) in [7, 11) is 0. The fraction of sp³-hybridized carbons (Fsp3) is 0.643. The lowest BCUT2D eigenvalue weighted by molar-refractivity contribution is 0.0603. The minimum atomic E-state index is -0.299. The quantitative estimate of drug-likeness (QED) is 0.553. The van der Waals surface area contributed by atoms with Crippen LogP contribution in [-0.2, 0) is 5.54 Å². The second kappa shape index (κ2) is 10.1. The van der Waals surface area contributed by atoms with E-state index in [0.29, 0.717) is 6.04 Å². The Hall–Kier alpha value is -2.58. The minimum absolute atomic E-state index is 0.0558. The molecule has 1 saturated carbocycles. The normalized spacial score (nSPS) is 19.7. The summed E-state index contributed by atoms with van der Waals surface area (Å²) in [5.41, 5.74) is 3.57. The molecule has 1 aliphatic heterocycles. The van der Waals surface area contributed by atoms with Crippen molar-refractivity contribution in [1.82, 2.24) is 35.0 Å². The number of aromatic nitrogens is 5. The Labute approximate surface area is 214 Å². The molecule has 1 aliphatic carbocycles. The maximum atomic E-state index is 13.6. The molecule has 8 heteroatoms. The number of aromatic amines is 1. The minimum Gasteiger partial charge on any atom is -0.321 e. The third-order valence-electron chi connectivity index (χ3n) is 8.75. The van der Waals surface area contributed by atoms with Crippen LogP contribution >= 0.6 is 0 Å². The number of fused-ring (bicyclic) bond motifs is 1. The number of rotatable bonds is 6. The Balaban J connectivity index is 1.57. The maximum Gasteiger partial charge on any atom is 0.253 e. The molecule has 5 rings (SSSR count). The van der Waals surface area contributed by atoms with E-state index in [2.05, 4.69) is 76.2 Å². The second-order valence-corrected chi connectivity index (χ2v) is 11.4. The third kappa shape index (κ3) is 4.61. The predicted molar refractivity (Wildman–Crippen MR) is 143 cm³/mol. The SMILES string of the molecule is CCC(C)(C)n1nnnc1[C@H](c1cc2c(C)ccc(C)c2[nH]c1=O)N1CCN(C2CCCCC2)CC1. The second-order valence-electron chi connectivity index (χ2n) is 11.4. The Morgan fingerprint density at radius 1 is 1.06 bits per heavy atom. The van der Waals surface area contributed by atoms with Gasteiger partial charge in [0.1, 0.15) is 6.04 Å². The van der Waals surface area contributed by atoms with Crippen LogP contribution in [-0.4, -0.2) is 67.2 Å². The molecule has 3 aromatic rings. The van der Waals surface area contributed by atoms with Gasteiger partial charge in [-0.05, 0) is 74.6 Å². The number of hydrogen-bond donors (Lipinski definition) is 1. The number of pyridine rings is 1. The molecule has 1 atom stereocenters. The summed E-state index contributed by atoms with van der Waals surface area (Å²) in [6.45, 7) is 14.4. The van der Waals surface area contributed by atoms with Gasteiger partial charge in [-0.25, -0.2) is 4.68 Å². The number of tetrazole rings is 1. The van der Waals surface area contributed by atoms with E-state index in [1.54, 1.807) is 0 Å². The zero-order chi connectivity index (χ0) is 25.4. The third-order valence-corrected chi connectivity index (χ3v) is 8.75. The molecule has 1 N–H and O–H groups in total. The van der Waals surface area contributed by atoms with Gasteiger partial charge >= 0.3 is 0 Å². The number of nitrogens with zero attached hydrogens (tertiary/aromatic N) is 6. The monoisotopic (exact) mass is 491 g/mol. The Morgan fingerprint density at radius 2 is 1.75 bits per heavy atom. The number of nitrogens with one attached hydrogen (secondary N) is 1. The highest BCUT2D eigenvalue weighted by molar-refractivity contribution is 5.85. The van der Waals surface area contributed by atoms with Crippen molar-refractivity contribution >= 4 is 10.9 Å². The number of piperazine rings is 1. The van der Waals surface area contributed by atoms with Gasteiger partial charge in [0.2, 0.25) is 0 Å². The van der Waals surface area contributed by atoms with E-state index >= 15 is 0 Å². The molecular formula is C28H41N7O. The first-order valence-corrected chi connectivity index (χ1v) is 13.7. The molecule has 0 amide bonds. The lowest BCUT2D eigenvalue weighted by Crippen LogP contribution is -2.52. The summed E-state index contributed by atoms with van der Waals surface area (Å²) >= 11 is 0. The zero-order valence-electron chi connectivity index (χ0n) is 22.5.